The summed E-state index contributed by atoms with van der Waals surface area (Å²) >= 11 is 0. The van der Waals surface area contributed by atoms with Crippen LogP contribution in [0.15, 0.2) is 121 Å². The summed E-state index contributed by atoms with van der Waals surface area (Å²) in [6.45, 7) is 2.42. The Labute approximate surface area is 491 Å². The van der Waals surface area contributed by atoms with E-state index >= 15 is 0 Å². The molecule has 0 spiro atoms. The lowest BCUT2D eigenvalue weighted by atomic mass is 10.0. The standard InChI is InChI=1S/C68H78N12O4/c69-41-9-1-5-13-61(81)73-49-25-17-45(18-26-49)65-53-33-35-55(77-53)66(46-19-27-50(28-20-46)74-62(82)14-6-2-10-42-70)57-37-39-59(79-57)68(48-23-31-52(32-24-48)76-64(84)16-8-4-12-44-72)60-40-38-58(80-60)67(56-36-34-54(65)78-56)47-21-29-51(30-22-47)75-63(83)15-7-3-11-43-71/h17-40,77,80H,1-16,41-44,69-72H2,(H,73,81)(H,74,82)(H,75,83)(H,76,84). The van der Waals surface area contributed by atoms with Crippen LogP contribution in [0.25, 0.3) is 90.9 Å². The zero-order valence-electron chi connectivity index (χ0n) is 47.8. The van der Waals surface area contributed by atoms with Crippen LogP contribution in [0.3, 0.4) is 0 Å². The molecule has 9 rings (SSSR count). The summed E-state index contributed by atoms with van der Waals surface area (Å²) < 4.78 is 0. The van der Waals surface area contributed by atoms with E-state index in [9.17, 15) is 19.2 Å². The number of fused-ring (bicyclic) bond motifs is 8. The molecule has 0 aliphatic carbocycles. The molecule has 16 heteroatoms. The summed E-state index contributed by atoms with van der Waals surface area (Å²) in [5.74, 6) is -0.195. The Hall–Kier alpha value is -8.80. The SMILES string of the molecule is NCCCCCC(=O)Nc1ccc(-c2c3nc(c(-c4ccc(NC(=O)CCCCCN)cc4)c4ccc([nH]4)c(-c4ccc(NC(=O)CCCCCN)cc4)c4nc(c(-c5ccc(NC(=O)CCCCCN)cc5)c5ccc2[nH]5)C=C4)C=C3)cc1. The van der Waals surface area contributed by atoms with Crippen molar-refractivity contribution in [1.29, 1.82) is 0 Å². The van der Waals surface area contributed by atoms with E-state index in [1.807, 2.05) is 121 Å². The van der Waals surface area contributed by atoms with Crippen LogP contribution in [0.5, 0.6) is 0 Å². The molecule has 2 aliphatic heterocycles. The van der Waals surface area contributed by atoms with Crippen LogP contribution in [0, 0.1) is 0 Å². The van der Waals surface area contributed by atoms with E-state index < -0.39 is 0 Å². The Morgan fingerprint density at radius 2 is 0.512 bits per heavy atom. The van der Waals surface area contributed by atoms with Crippen LogP contribution >= 0.6 is 0 Å². The topological polar surface area (TPSA) is 278 Å². The van der Waals surface area contributed by atoms with Gasteiger partial charge in [-0.2, -0.15) is 0 Å². The van der Waals surface area contributed by atoms with Crippen LogP contribution in [0.4, 0.5) is 22.7 Å². The van der Waals surface area contributed by atoms with Gasteiger partial charge in [-0.05, 0) is 197 Å². The minimum Gasteiger partial charge on any atom is -0.354 e. The average Bonchev–Trinajstić information content (AvgIpc) is 4.33. The van der Waals surface area contributed by atoms with Crippen molar-refractivity contribution in [2.45, 2.75) is 103 Å². The zero-order chi connectivity index (χ0) is 58.6. The van der Waals surface area contributed by atoms with Gasteiger partial charge in [-0.15, -0.1) is 0 Å². The Morgan fingerprint density at radius 3 is 0.714 bits per heavy atom. The van der Waals surface area contributed by atoms with Gasteiger partial charge in [0.15, 0.2) is 0 Å². The number of aromatic nitrogens is 4. The third kappa shape index (κ3) is 15.8. The summed E-state index contributed by atoms with van der Waals surface area (Å²) in [5, 5.41) is 12.3. The first-order chi connectivity index (χ1) is 41.1. The average molecular weight is 1130 g/mol. The van der Waals surface area contributed by atoms with Crippen LogP contribution < -0.4 is 44.2 Å². The van der Waals surface area contributed by atoms with Crippen LogP contribution in [0.2, 0.25) is 0 Å². The second-order valence-electron chi connectivity index (χ2n) is 21.4. The molecule has 4 amide bonds. The summed E-state index contributed by atoms with van der Waals surface area (Å²) in [4.78, 5) is 70.6. The number of nitrogens with zero attached hydrogens (tertiary/aromatic N) is 2. The molecule has 0 saturated carbocycles. The van der Waals surface area contributed by atoms with Gasteiger partial charge >= 0.3 is 0 Å². The van der Waals surface area contributed by atoms with E-state index in [4.69, 9.17) is 32.9 Å². The van der Waals surface area contributed by atoms with Crippen LogP contribution in [-0.2, 0) is 19.2 Å². The molecule has 5 heterocycles. The molecular weight excluding hydrogens is 1050 g/mol. The van der Waals surface area contributed by atoms with E-state index in [1.165, 1.54) is 0 Å². The van der Waals surface area contributed by atoms with Gasteiger partial charge in [0, 0.05) is 92.8 Å². The molecule has 4 aromatic carbocycles. The highest BCUT2D eigenvalue weighted by molar-refractivity contribution is 6.01. The number of anilines is 4. The number of carbonyl (C=O) groups excluding carboxylic acids is 4. The van der Waals surface area contributed by atoms with Gasteiger partial charge in [-0.1, -0.05) is 74.2 Å². The van der Waals surface area contributed by atoms with E-state index in [1.54, 1.807) is 0 Å². The van der Waals surface area contributed by atoms with Crippen LogP contribution in [0.1, 0.15) is 126 Å². The lowest BCUT2D eigenvalue weighted by molar-refractivity contribution is -0.117. The quantitative estimate of drug-likeness (QED) is 0.0207. The van der Waals surface area contributed by atoms with Crippen molar-refractivity contribution in [1.82, 2.24) is 19.9 Å². The molecule has 0 saturated heterocycles. The number of hydrogen-bond acceptors (Lipinski definition) is 10. The molecule has 7 aromatic rings. The Balaban J connectivity index is 1.22. The molecule has 84 heavy (non-hydrogen) atoms. The van der Waals surface area contributed by atoms with Crippen molar-refractivity contribution in [2.24, 2.45) is 22.9 Å². The predicted molar refractivity (Wildman–Crippen MR) is 345 cm³/mol. The maximum atomic E-state index is 13.0. The first kappa shape index (κ1) is 59.8. The number of aromatic amines is 2. The number of unbranched alkanes of at least 4 members (excludes halogenated alkanes) is 8. The first-order valence-corrected chi connectivity index (χ1v) is 29.7. The number of amides is 4. The minimum atomic E-state index is -0.0488. The molecule has 8 bridgehead atoms. The minimum absolute atomic E-state index is 0.0488. The second-order valence-corrected chi connectivity index (χ2v) is 21.4. The highest BCUT2D eigenvalue weighted by atomic mass is 16.2. The second kappa shape index (κ2) is 30.0. The summed E-state index contributed by atoms with van der Waals surface area (Å²) in [7, 11) is 0. The molecule has 14 N–H and O–H groups in total. The maximum Gasteiger partial charge on any atom is 0.224 e. The van der Waals surface area contributed by atoms with Gasteiger partial charge in [0.2, 0.25) is 23.6 Å². The van der Waals surface area contributed by atoms with Crippen molar-refractivity contribution in [3.63, 3.8) is 0 Å². The third-order valence-corrected chi connectivity index (χ3v) is 15.0. The van der Waals surface area contributed by atoms with Crippen LogP contribution in [-0.4, -0.2) is 69.7 Å². The molecule has 16 nitrogen and oxygen atoms in total. The fourth-order valence-corrected chi connectivity index (χ4v) is 10.6. The smallest absolute Gasteiger partial charge is 0.224 e. The maximum absolute atomic E-state index is 13.0. The molecule has 0 fully saturated rings. The van der Waals surface area contributed by atoms with Gasteiger partial charge < -0.3 is 54.2 Å². The van der Waals surface area contributed by atoms with E-state index in [0.717, 1.165) is 144 Å². The number of nitrogens with two attached hydrogens (primary N) is 4. The number of H-pyrrole nitrogens is 2. The van der Waals surface area contributed by atoms with E-state index in [0.29, 0.717) is 97.4 Å². The van der Waals surface area contributed by atoms with Gasteiger partial charge in [-0.25, -0.2) is 9.97 Å². The Kier molecular flexibility index (Phi) is 21.3. The zero-order valence-corrected chi connectivity index (χ0v) is 47.8. The van der Waals surface area contributed by atoms with Gasteiger partial charge in [0.05, 0.1) is 22.8 Å². The highest BCUT2D eigenvalue weighted by Crippen LogP contribution is 2.39. The molecule has 0 radical (unpaired) electrons. The normalized spacial score (nSPS) is 11.7. The fourth-order valence-electron chi connectivity index (χ4n) is 10.6. The lowest BCUT2D eigenvalue weighted by Gasteiger charge is -2.10. The predicted octanol–water partition coefficient (Wildman–Crippen LogP) is 13.2. The van der Waals surface area contributed by atoms with Crippen molar-refractivity contribution < 1.29 is 19.2 Å². The molecule has 2 aliphatic rings. The number of rotatable bonds is 28. The molecule has 3 aromatic heterocycles. The van der Waals surface area contributed by atoms with Crippen molar-refractivity contribution in [3.05, 3.63) is 144 Å². The lowest BCUT2D eigenvalue weighted by Crippen LogP contribution is -2.11. The third-order valence-electron chi connectivity index (χ3n) is 15.0. The van der Waals surface area contributed by atoms with Gasteiger partial charge in [-0.3, -0.25) is 19.2 Å². The largest absolute Gasteiger partial charge is 0.354 e. The van der Waals surface area contributed by atoms with Crippen molar-refractivity contribution in [2.75, 3.05) is 47.4 Å². The van der Waals surface area contributed by atoms with E-state index in [2.05, 4.69) is 55.5 Å². The van der Waals surface area contributed by atoms with Crippen molar-refractivity contribution >= 4 is 92.7 Å². The monoisotopic (exact) mass is 1130 g/mol. The number of benzene rings is 4. The summed E-state index contributed by atoms with van der Waals surface area (Å²) in [6.07, 6.45) is 19.9. The molecular formula is C68H78N12O4. The first-order valence-electron chi connectivity index (χ1n) is 29.7. The molecule has 0 atom stereocenters. The number of nitrogens with one attached hydrogen (secondary N) is 6. The van der Waals surface area contributed by atoms with Gasteiger partial charge in [0.25, 0.3) is 0 Å². The van der Waals surface area contributed by atoms with Crippen molar-refractivity contribution in [3.8, 4) is 44.5 Å². The number of hydrogen-bond donors (Lipinski definition) is 10. The molecule has 0 unspecified atom stereocenters. The molecule has 434 valence electrons. The Morgan fingerprint density at radius 1 is 0.298 bits per heavy atom. The van der Waals surface area contributed by atoms with E-state index in [-0.39, 0.29) is 23.6 Å². The Bertz CT molecular complexity index is 3170. The summed E-state index contributed by atoms with van der Waals surface area (Å²) in [5.41, 5.74) is 38.3. The summed E-state index contributed by atoms with van der Waals surface area (Å²) in [6, 6.07) is 39.6. The van der Waals surface area contributed by atoms with Gasteiger partial charge in [0.1, 0.15) is 0 Å². The fraction of sp³-hybridized carbons (Fsp3) is 0.294. The number of carbonyl (C=O) groups is 4. The highest BCUT2D eigenvalue weighted by Gasteiger charge is 2.20.